The van der Waals surface area contributed by atoms with Crippen molar-refractivity contribution >= 4 is 29.0 Å². The lowest BCUT2D eigenvalue weighted by atomic mass is 9.70. The van der Waals surface area contributed by atoms with E-state index in [1.54, 1.807) is 18.2 Å². The summed E-state index contributed by atoms with van der Waals surface area (Å²) in [5.41, 5.74) is 5.28. The van der Waals surface area contributed by atoms with Gasteiger partial charge in [0.2, 0.25) is 0 Å². The van der Waals surface area contributed by atoms with Gasteiger partial charge in [-0.2, -0.15) is 0 Å². The number of rotatable bonds is 3. The first-order chi connectivity index (χ1) is 7.57. The van der Waals surface area contributed by atoms with Gasteiger partial charge in [0.1, 0.15) is 0 Å². The summed E-state index contributed by atoms with van der Waals surface area (Å²) in [6.07, 6.45) is 0. The van der Waals surface area contributed by atoms with Crippen LogP contribution in [-0.4, -0.2) is 11.3 Å². The molecule has 0 amide bonds. The number of halogens is 2. The van der Waals surface area contributed by atoms with E-state index in [-0.39, 0.29) is 5.78 Å². The van der Waals surface area contributed by atoms with E-state index in [9.17, 15) is 4.79 Å². The smallest absolute Gasteiger partial charge is 0.170 e. The molecule has 0 saturated heterocycles. The van der Waals surface area contributed by atoms with Gasteiger partial charge in [-0.1, -0.05) is 37.0 Å². The maximum absolute atomic E-state index is 12.4. The SMILES string of the molecule is CC(C)(N)C(C)(C)C(=O)c1ccc(Cl)c(Cl)c1. The Hall–Kier alpha value is -0.570. The molecular weight excluding hydrogens is 257 g/mol. The summed E-state index contributed by atoms with van der Waals surface area (Å²) in [7, 11) is 0. The first-order valence-corrected chi connectivity index (χ1v) is 6.11. The molecule has 0 atom stereocenters. The van der Waals surface area contributed by atoms with Crippen LogP contribution >= 0.6 is 23.2 Å². The fourth-order valence-electron chi connectivity index (χ4n) is 1.29. The van der Waals surface area contributed by atoms with Crippen LogP contribution in [0, 0.1) is 5.41 Å². The zero-order chi connectivity index (χ0) is 13.4. The minimum absolute atomic E-state index is 0.0384. The quantitative estimate of drug-likeness (QED) is 0.848. The minimum Gasteiger partial charge on any atom is -0.325 e. The van der Waals surface area contributed by atoms with Crippen LogP contribution in [0.15, 0.2) is 18.2 Å². The number of benzene rings is 1. The molecule has 0 radical (unpaired) electrons. The molecule has 94 valence electrons. The van der Waals surface area contributed by atoms with Gasteiger partial charge in [-0.15, -0.1) is 0 Å². The van der Waals surface area contributed by atoms with Gasteiger partial charge in [0.25, 0.3) is 0 Å². The Kier molecular flexibility index (Phi) is 3.92. The number of hydrogen-bond donors (Lipinski definition) is 1. The molecule has 1 rings (SSSR count). The lowest BCUT2D eigenvalue weighted by Crippen LogP contribution is -2.51. The van der Waals surface area contributed by atoms with E-state index >= 15 is 0 Å². The fraction of sp³-hybridized carbons (Fsp3) is 0.462. The van der Waals surface area contributed by atoms with Gasteiger partial charge in [-0.3, -0.25) is 4.79 Å². The normalized spacial score (nSPS) is 12.6. The first kappa shape index (κ1) is 14.5. The molecule has 2 nitrogen and oxygen atoms in total. The molecule has 0 aliphatic carbocycles. The minimum atomic E-state index is -0.676. The molecule has 0 aliphatic heterocycles. The highest BCUT2D eigenvalue weighted by molar-refractivity contribution is 6.42. The van der Waals surface area contributed by atoms with E-state index in [1.165, 1.54) is 0 Å². The van der Waals surface area contributed by atoms with Gasteiger partial charge in [0.15, 0.2) is 5.78 Å². The van der Waals surface area contributed by atoms with Crippen molar-refractivity contribution in [3.8, 4) is 0 Å². The molecule has 4 heteroatoms. The number of hydrogen-bond acceptors (Lipinski definition) is 2. The molecule has 0 fully saturated rings. The van der Waals surface area contributed by atoms with Crippen LogP contribution in [0.2, 0.25) is 10.0 Å². The van der Waals surface area contributed by atoms with Crippen molar-refractivity contribution in [2.24, 2.45) is 11.1 Å². The second-order valence-electron chi connectivity index (χ2n) is 5.30. The molecule has 0 spiro atoms. The van der Waals surface area contributed by atoms with E-state index in [1.807, 2.05) is 27.7 Å². The Morgan fingerprint density at radius 1 is 1.12 bits per heavy atom. The number of ketones is 1. The summed E-state index contributed by atoms with van der Waals surface area (Å²) < 4.78 is 0. The van der Waals surface area contributed by atoms with Gasteiger partial charge in [0.05, 0.1) is 10.0 Å². The van der Waals surface area contributed by atoms with Crippen molar-refractivity contribution in [2.75, 3.05) is 0 Å². The number of carbonyl (C=O) groups excluding carboxylic acids is 1. The fourth-order valence-corrected chi connectivity index (χ4v) is 1.59. The third-order valence-electron chi connectivity index (χ3n) is 3.36. The summed E-state index contributed by atoms with van der Waals surface area (Å²) in [6, 6.07) is 4.88. The molecular formula is C13H17Cl2NO. The van der Waals surface area contributed by atoms with E-state index in [2.05, 4.69) is 0 Å². The van der Waals surface area contributed by atoms with Crippen molar-refractivity contribution in [3.05, 3.63) is 33.8 Å². The molecule has 1 aromatic rings. The highest BCUT2D eigenvalue weighted by Crippen LogP contribution is 2.33. The van der Waals surface area contributed by atoms with Gasteiger partial charge in [-0.25, -0.2) is 0 Å². The molecule has 0 bridgehead atoms. The Balaban J connectivity index is 3.17. The van der Waals surface area contributed by atoms with E-state index in [0.717, 1.165) is 0 Å². The van der Waals surface area contributed by atoms with E-state index in [4.69, 9.17) is 28.9 Å². The highest BCUT2D eigenvalue weighted by Gasteiger charge is 2.40. The molecule has 17 heavy (non-hydrogen) atoms. The summed E-state index contributed by atoms with van der Waals surface area (Å²) >= 11 is 11.7. The lowest BCUT2D eigenvalue weighted by molar-refractivity contribution is 0.0735. The van der Waals surface area contributed by atoms with Crippen molar-refractivity contribution in [1.82, 2.24) is 0 Å². The predicted molar refractivity (Wildman–Crippen MR) is 72.8 cm³/mol. The van der Waals surface area contributed by atoms with Crippen molar-refractivity contribution in [2.45, 2.75) is 33.2 Å². The standard InChI is InChI=1S/C13H17Cl2NO/c1-12(2,13(3,4)16)11(17)8-5-6-9(14)10(15)7-8/h5-7H,16H2,1-4H3. The summed E-state index contributed by atoms with van der Waals surface area (Å²) in [4.78, 5) is 12.4. The second-order valence-corrected chi connectivity index (χ2v) is 6.12. The average Bonchev–Trinajstić information content (AvgIpc) is 2.19. The largest absolute Gasteiger partial charge is 0.325 e. The monoisotopic (exact) mass is 273 g/mol. The summed E-state index contributed by atoms with van der Waals surface area (Å²) in [5, 5.41) is 0.816. The first-order valence-electron chi connectivity index (χ1n) is 5.36. The number of nitrogens with two attached hydrogens (primary N) is 1. The van der Waals surface area contributed by atoms with Crippen LogP contribution in [0.25, 0.3) is 0 Å². The third kappa shape index (κ3) is 2.82. The van der Waals surface area contributed by atoms with E-state index in [0.29, 0.717) is 15.6 Å². The highest BCUT2D eigenvalue weighted by atomic mass is 35.5. The lowest BCUT2D eigenvalue weighted by Gasteiger charge is -2.37. The zero-order valence-corrected chi connectivity index (χ0v) is 12.0. The van der Waals surface area contributed by atoms with E-state index < -0.39 is 11.0 Å². The summed E-state index contributed by atoms with van der Waals surface area (Å²) in [6.45, 7) is 7.33. The van der Waals surface area contributed by atoms with Crippen LogP contribution < -0.4 is 5.73 Å². The molecule has 0 heterocycles. The van der Waals surface area contributed by atoms with Crippen LogP contribution in [-0.2, 0) is 0 Å². The third-order valence-corrected chi connectivity index (χ3v) is 4.10. The van der Waals surface area contributed by atoms with Crippen LogP contribution in [0.4, 0.5) is 0 Å². The Morgan fingerprint density at radius 2 is 1.65 bits per heavy atom. The molecule has 2 N–H and O–H groups in total. The summed E-state index contributed by atoms with van der Waals surface area (Å²) in [5.74, 6) is -0.0384. The van der Waals surface area contributed by atoms with Gasteiger partial charge < -0.3 is 5.73 Å². The van der Waals surface area contributed by atoms with Crippen molar-refractivity contribution in [3.63, 3.8) is 0 Å². The number of carbonyl (C=O) groups is 1. The maximum atomic E-state index is 12.4. The van der Waals surface area contributed by atoms with Crippen LogP contribution in [0.1, 0.15) is 38.1 Å². The topological polar surface area (TPSA) is 43.1 Å². The molecule has 0 aliphatic rings. The average molecular weight is 274 g/mol. The predicted octanol–water partition coefficient (Wildman–Crippen LogP) is 3.94. The van der Waals surface area contributed by atoms with Gasteiger partial charge >= 0.3 is 0 Å². The molecule has 0 aromatic heterocycles. The van der Waals surface area contributed by atoms with Gasteiger partial charge in [0, 0.05) is 16.5 Å². The van der Waals surface area contributed by atoms with Gasteiger partial charge in [-0.05, 0) is 32.0 Å². The Labute approximate surface area is 112 Å². The van der Waals surface area contributed by atoms with Crippen molar-refractivity contribution < 1.29 is 4.79 Å². The maximum Gasteiger partial charge on any atom is 0.170 e. The van der Waals surface area contributed by atoms with Crippen LogP contribution in [0.3, 0.4) is 0 Å². The second kappa shape index (κ2) is 4.60. The van der Waals surface area contributed by atoms with Crippen LogP contribution in [0.5, 0.6) is 0 Å². The Morgan fingerprint density at radius 3 is 2.06 bits per heavy atom. The molecule has 1 aromatic carbocycles. The molecule has 0 unspecified atom stereocenters. The Bertz CT molecular complexity index is 447. The zero-order valence-electron chi connectivity index (χ0n) is 10.5. The number of Topliss-reactive ketones (excluding diaryl/α,β-unsaturated/α-hetero) is 1. The van der Waals surface area contributed by atoms with Crippen molar-refractivity contribution in [1.29, 1.82) is 0 Å². The molecule has 0 saturated carbocycles.